The average molecular weight is 497 g/mol. The summed E-state index contributed by atoms with van der Waals surface area (Å²) in [6.07, 6.45) is 3.07. The van der Waals surface area contributed by atoms with Crippen molar-refractivity contribution in [3.8, 4) is 22.8 Å². The summed E-state index contributed by atoms with van der Waals surface area (Å²) in [6.45, 7) is 6.24. The van der Waals surface area contributed by atoms with Gasteiger partial charge in [-0.15, -0.1) is 0 Å². The van der Waals surface area contributed by atoms with Gasteiger partial charge in [0.05, 0.1) is 0 Å². The van der Waals surface area contributed by atoms with E-state index in [1.807, 2.05) is 67.6 Å². The van der Waals surface area contributed by atoms with Gasteiger partial charge in [0.1, 0.15) is 17.0 Å². The lowest BCUT2D eigenvalue weighted by atomic mass is 10.0. The number of benzene rings is 3. The molecular weight excluding hydrogens is 472 g/mol. The zero-order valence-corrected chi connectivity index (χ0v) is 21.0. The minimum Gasteiger partial charge on any atom is -0.457 e. The van der Waals surface area contributed by atoms with Crippen LogP contribution in [0.3, 0.4) is 0 Å². The summed E-state index contributed by atoms with van der Waals surface area (Å²) in [6, 6.07) is 22.9. The Labute approximate surface area is 214 Å². The molecule has 0 fully saturated rings. The van der Waals surface area contributed by atoms with E-state index in [4.69, 9.17) is 20.4 Å². The van der Waals surface area contributed by atoms with Crippen molar-refractivity contribution in [2.75, 3.05) is 5.32 Å². The molecule has 5 aromatic rings. The van der Waals surface area contributed by atoms with Crippen molar-refractivity contribution < 1.29 is 13.6 Å². The van der Waals surface area contributed by atoms with Crippen molar-refractivity contribution in [3.63, 3.8) is 0 Å². The van der Waals surface area contributed by atoms with Crippen LogP contribution in [0.15, 0.2) is 87.7 Å². The van der Waals surface area contributed by atoms with E-state index in [-0.39, 0.29) is 5.91 Å². The van der Waals surface area contributed by atoms with Crippen LogP contribution in [0.5, 0.6) is 0 Å². The van der Waals surface area contributed by atoms with Crippen molar-refractivity contribution >= 4 is 40.4 Å². The van der Waals surface area contributed by atoms with E-state index in [1.54, 1.807) is 6.08 Å². The van der Waals surface area contributed by atoms with E-state index >= 15 is 0 Å². The zero-order chi connectivity index (χ0) is 25.2. The van der Waals surface area contributed by atoms with Gasteiger partial charge in [0.2, 0.25) is 11.8 Å². The van der Waals surface area contributed by atoms with Crippen molar-refractivity contribution in [1.82, 2.24) is 4.98 Å². The van der Waals surface area contributed by atoms with Crippen LogP contribution in [0.1, 0.15) is 36.7 Å². The van der Waals surface area contributed by atoms with E-state index < -0.39 is 0 Å². The second kappa shape index (κ2) is 9.88. The Morgan fingerprint density at radius 3 is 2.64 bits per heavy atom. The van der Waals surface area contributed by atoms with Crippen LogP contribution >= 0.6 is 11.6 Å². The molecule has 0 saturated heterocycles. The van der Waals surface area contributed by atoms with Crippen molar-refractivity contribution in [1.29, 1.82) is 0 Å². The van der Waals surface area contributed by atoms with E-state index in [1.165, 1.54) is 11.6 Å². The van der Waals surface area contributed by atoms with Gasteiger partial charge in [-0.25, -0.2) is 4.98 Å². The van der Waals surface area contributed by atoms with E-state index in [9.17, 15) is 4.79 Å². The molecule has 0 aliphatic carbocycles. The number of aryl methyl sites for hydroxylation is 1. The SMILES string of the molecule is Cc1ccc(-c2ccc(/C=C/C(=O)Nc3cccc(-c4nc5cc(C(C)C)ccc5o4)c3)o2)cc1Cl. The Morgan fingerprint density at radius 2 is 1.83 bits per heavy atom. The Kier molecular flexibility index (Phi) is 6.49. The molecule has 1 amide bonds. The van der Waals surface area contributed by atoms with Gasteiger partial charge >= 0.3 is 0 Å². The Morgan fingerprint density at radius 1 is 0.972 bits per heavy atom. The lowest BCUT2D eigenvalue weighted by molar-refractivity contribution is -0.111. The summed E-state index contributed by atoms with van der Waals surface area (Å²) >= 11 is 6.22. The quantitative estimate of drug-likeness (QED) is 0.239. The van der Waals surface area contributed by atoms with E-state index in [2.05, 4.69) is 36.3 Å². The number of aromatic nitrogens is 1. The first kappa shape index (κ1) is 23.6. The Balaban J connectivity index is 1.28. The van der Waals surface area contributed by atoms with Crippen LogP contribution in [-0.2, 0) is 4.79 Å². The van der Waals surface area contributed by atoms with Crippen molar-refractivity contribution in [2.45, 2.75) is 26.7 Å². The number of hydrogen-bond donors (Lipinski definition) is 1. The molecule has 0 spiro atoms. The fourth-order valence-corrected chi connectivity index (χ4v) is 4.02. The summed E-state index contributed by atoms with van der Waals surface area (Å²) in [5.41, 5.74) is 6.07. The second-order valence-corrected chi connectivity index (χ2v) is 9.38. The lowest BCUT2D eigenvalue weighted by Crippen LogP contribution is -2.07. The first-order valence-corrected chi connectivity index (χ1v) is 12.1. The minimum atomic E-state index is -0.275. The summed E-state index contributed by atoms with van der Waals surface area (Å²) in [4.78, 5) is 17.2. The molecule has 0 aliphatic heterocycles. The highest BCUT2D eigenvalue weighted by Gasteiger charge is 2.11. The number of nitrogens with one attached hydrogen (secondary N) is 1. The fraction of sp³-hybridized carbons (Fsp3) is 0.133. The summed E-state index contributed by atoms with van der Waals surface area (Å²) in [7, 11) is 0. The number of halogens is 1. The van der Waals surface area contributed by atoms with Gasteiger partial charge < -0.3 is 14.2 Å². The Bertz CT molecular complexity index is 1590. The highest BCUT2D eigenvalue weighted by molar-refractivity contribution is 6.31. The maximum atomic E-state index is 12.5. The summed E-state index contributed by atoms with van der Waals surface area (Å²) in [5.74, 6) is 1.90. The van der Waals surface area contributed by atoms with Crippen LogP contribution in [0.2, 0.25) is 5.02 Å². The molecule has 5 nitrogen and oxygen atoms in total. The Hall–Kier alpha value is -4.09. The van der Waals surface area contributed by atoms with Crippen LogP contribution in [-0.4, -0.2) is 10.9 Å². The van der Waals surface area contributed by atoms with E-state index in [0.29, 0.717) is 34.0 Å². The predicted octanol–water partition coefficient (Wildman–Crippen LogP) is 8.49. The number of nitrogens with zero attached hydrogens (tertiary/aromatic N) is 1. The first-order valence-electron chi connectivity index (χ1n) is 11.7. The maximum Gasteiger partial charge on any atom is 0.248 e. The third-order valence-corrected chi connectivity index (χ3v) is 6.34. The third kappa shape index (κ3) is 5.11. The molecule has 180 valence electrons. The largest absolute Gasteiger partial charge is 0.457 e. The van der Waals surface area contributed by atoms with Crippen LogP contribution < -0.4 is 5.32 Å². The highest BCUT2D eigenvalue weighted by atomic mass is 35.5. The molecule has 5 rings (SSSR count). The number of hydrogen-bond acceptors (Lipinski definition) is 4. The normalized spacial score (nSPS) is 11.6. The number of oxazole rings is 1. The highest BCUT2D eigenvalue weighted by Crippen LogP contribution is 2.29. The maximum absolute atomic E-state index is 12.5. The van der Waals surface area contributed by atoms with Gasteiger partial charge in [-0.1, -0.05) is 49.7 Å². The van der Waals surface area contributed by atoms with Crippen LogP contribution in [0, 0.1) is 6.92 Å². The third-order valence-electron chi connectivity index (χ3n) is 5.94. The molecule has 0 radical (unpaired) electrons. The van der Waals surface area contributed by atoms with E-state index in [0.717, 1.165) is 27.8 Å². The number of carbonyl (C=O) groups excluding carboxylic acids is 1. The molecule has 0 unspecified atom stereocenters. The molecule has 0 aliphatic rings. The van der Waals surface area contributed by atoms with Crippen LogP contribution in [0.25, 0.3) is 40.0 Å². The molecule has 0 bridgehead atoms. The molecule has 3 aromatic carbocycles. The number of rotatable bonds is 6. The van der Waals surface area contributed by atoms with Gasteiger partial charge in [0.25, 0.3) is 0 Å². The first-order chi connectivity index (χ1) is 17.4. The van der Waals surface area contributed by atoms with Crippen LogP contribution in [0.4, 0.5) is 5.69 Å². The van der Waals surface area contributed by atoms with Crippen molar-refractivity contribution in [3.05, 3.63) is 101 Å². The lowest BCUT2D eigenvalue weighted by Gasteiger charge is -2.03. The molecule has 6 heteroatoms. The molecule has 2 aromatic heterocycles. The van der Waals surface area contributed by atoms with Crippen molar-refractivity contribution in [2.24, 2.45) is 0 Å². The van der Waals surface area contributed by atoms with Gasteiger partial charge in [0.15, 0.2) is 5.58 Å². The van der Waals surface area contributed by atoms with Gasteiger partial charge in [-0.3, -0.25) is 4.79 Å². The second-order valence-electron chi connectivity index (χ2n) is 8.97. The molecule has 0 atom stereocenters. The fourth-order valence-electron chi connectivity index (χ4n) is 3.84. The number of fused-ring (bicyclic) bond motifs is 1. The molecule has 36 heavy (non-hydrogen) atoms. The van der Waals surface area contributed by atoms with Gasteiger partial charge in [-0.2, -0.15) is 0 Å². The minimum absolute atomic E-state index is 0.275. The van der Waals surface area contributed by atoms with Gasteiger partial charge in [-0.05, 0) is 78.6 Å². The molecular formula is C30H25ClN2O3. The average Bonchev–Trinajstić information content (AvgIpc) is 3.51. The number of carbonyl (C=O) groups is 1. The molecule has 0 saturated carbocycles. The summed E-state index contributed by atoms with van der Waals surface area (Å²) < 4.78 is 11.8. The summed E-state index contributed by atoms with van der Waals surface area (Å²) in [5, 5.41) is 3.56. The monoisotopic (exact) mass is 496 g/mol. The number of furan rings is 1. The number of amides is 1. The number of anilines is 1. The topological polar surface area (TPSA) is 68.3 Å². The molecule has 2 heterocycles. The molecule has 1 N–H and O–H groups in total. The predicted molar refractivity (Wildman–Crippen MR) is 145 cm³/mol. The zero-order valence-electron chi connectivity index (χ0n) is 20.2. The smallest absolute Gasteiger partial charge is 0.248 e. The standard InChI is InChI=1S/C30H25ClN2O3/c1-18(2)20-9-12-28-26(17-20)33-30(36-28)22-5-4-6-23(15-22)32-29(34)14-11-24-10-13-27(35-24)21-8-7-19(3)25(31)16-21/h4-18H,1-3H3,(H,32,34)/b14-11+. The van der Waals surface area contributed by atoms with Gasteiger partial charge in [0, 0.05) is 27.9 Å².